The summed E-state index contributed by atoms with van der Waals surface area (Å²) in [5, 5.41) is 3.08. The first kappa shape index (κ1) is 21.4. The van der Waals surface area contributed by atoms with Crippen molar-refractivity contribution in [2.24, 2.45) is 4.99 Å². The number of benzene rings is 1. The van der Waals surface area contributed by atoms with Gasteiger partial charge in [0.15, 0.2) is 5.17 Å². The molecule has 0 unspecified atom stereocenters. The van der Waals surface area contributed by atoms with Crippen LogP contribution < -0.4 is 5.32 Å². The maximum Gasteiger partial charge on any atom is 0.262 e. The van der Waals surface area contributed by atoms with Crippen LogP contribution in [0.2, 0.25) is 0 Å². The lowest BCUT2D eigenvalue weighted by atomic mass is 10.1. The van der Waals surface area contributed by atoms with Gasteiger partial charge in [0.1, 0.15) is 5.25 Å². The van der Waals surface area contributed by atoms with Crippen LogP contribution in [0.15, 0.2) is 29.3 Å². The minimum absolute atomic E-state index is 0.0628. The number of nitrogens with zero attached hydrogens (tertiary/aromatic N) is 3. The van der Waals surface area contributed by atoms with Gasteiger partial charge in [-0.25, -0.2) is 0 Å². The zero-order valence-electron chi connectivity index (χ0n) is 17.0. The fourth-order valence-corrected chi connectivity index (χ4v) is 4.65. The Balaban J connectivity index is 1.57. The molecule has 29 heavy (non-hydrogen) atoms. The number of hydrogen-bond donors (Lipinski definition) is 1. The summed E-state index contributed by atoms with van der Waals surface area (Å²) in [5.74, 6) is -0.554. The minimum atomic E-state index is -0.479. The van der Waals surface area contributed by atoms with Crippen molar-refractivity contribution in [3.05, 3.63) is 29.8 Å². The van der Waals surface area contributed by atoms with E-state index in [1.54, 1.807) is 29.2 Å². The Labute approximate surface area is 175 Å². The van der Waals surface area contributed by atoms with Gasteiger partial charge in [-0.2, -0.15) is 4.99 Å². The summed E-state index contributed by atoms with van der Waals surface area (Å²) in [4.78, 5) is 45.3. The third kappa shape index (κ3) is 5.38. The van der Waals surface area contributed by atoms with Gasteiger partial charge in [-0.05, 0) is 51.3 Å². The Morgan fingerprint density at radius 1 is 1.21 bits per heavy atom. The van der Waals surface area contributed by atoms with Crippen molar-refractivity contribution in [3.63, 3.8) is 0 Å². The van der Waals surface area contributed by atoms with E-state index in [9.17, 15) is 14.4 Å². The second-order valence-corrected chi connectivity index (χ2v) is 8.37. The molecule has 1 N–H and O–H groups in total. The molecule has 2 heterocycles. The van der Waals surface area contributed by atoms with Crippen LogP contribution in [0.3, 0.4) is 0 Å². The highest BCUT2D eigenvalue weighted by Crippen LogP contribution is 2.29. The first-order valence-corrected chi connectivity index (χ1v) is 11.1. The minimum Gasteiger partial charge on any atom is -0.351 e. The zero-order chi connectivity index (χ0) is 20.8. The number of carbonyl (C=O) groups excluding carboxylic acids is 3. The molecule has 0 saturated carbocycles. The van der Waals surface area contributed by atoms with Gasteiger partial charge in [-0.15, -0.1) is 0 Å². The Kier molecular flexibility index (Phi) is 7.30. The summed E-state index contributed by atoms with van der Waals surface area (Å²) in [6, 6.07) is 6.92. The number of amides is 3. The number of rotatable bonds is 6. The summed E-state index contributed by atoms with van der Waals surface area (Å²) >= 11 is 1.39. The lowest BCUT2D eigenvalue weighted by molar-refractivity contribution is -0.121. The Morgan fingerprint density at radius 3 is 2.62 bits per heavy atom. The van der Waals surface area contributed by atoms with E-state index in [0.29, 0.717) is 24.3 Å². The highest BCUT2D eigenvalue weighted by atomic mass is 32.2. The van der Waals surface area contributed by atoms with Gasteiger partial charge in [-0.3, -0.25) is 14.4 Å². The quantitative estimate of drug-likeness (QED) is 0.771. The first-order chi connectivity index (χ1) is 14.0. The Bertz CT molecular complexity index is 801. The molecule has 3 amide bonds. The van der Waals surface area contributed by atoms with Gasteiger partial charge in [0, 0.05) is 43.9 Å². The van der Waals surface area contributed by atoms with Crippen LogP contribution in [-0.4, -0.2) is 64.1 Å². The molecule has 1 aromatic carbocycles. The van der Waals surface area contributed by atoms with E-state index >= 15 is 0 Å². The van der Waals surface area contributed by atoms with E-state index < -0.39 is 5.25 Å². The van der Waals surface area contributed by atoms with Crippen LogP contribution in [0.25, 0.3) is 0 Å². The molecule has 1 saturated heterocycles. The van der Waals surface area contributed by atoms with Crippen LogP contribution in [0.5, 0.6) is 0 Å². The molecule has 1 fully saturated rings. The van der Waals surface area contributed by atoms with Gasteiger partial charge in [0.2, 0.25) is 5.91 Å². The Hall–Kier alpha value is -2.35. The third-order valence-corrected chi connectivity index (χ3v) is 6.38. The number of carbonyl (C=O) groups is 3. The monoisotopic (exact) mass is 416 g/mol. The van der Waals surface area contributed by atoms with Crippen molar-refractivity contribution in [1.29, 1.82) is 0 Å². The highest BCUT2D eigenvalue weighted by Gasteiger charge is 2.33. The molecule has 0 radical (unpaired) electrons. The smallest absolute Gasteiger partial charge is 0.262 e. The van der Waals surface area contributed by atoms with Crippen molar-refractivity contribution in [1.82, 2.24) is 9.80 Å². The number of thioether (sulfide) groups is 1. The van der Waals surface area contributed by atoms with Gasteiger partial charge < -0.3 is 15.1 Å². The number of nitrogens with one attached hydrogen (secondary N) is 1. The van der Waals surface area contributed by atoms with Crippen molar-refractivity contribution < 1.29 is 14.4 Å². The standard InChI is InChI=1S/C21H28N4O3S/c1-3-24(4-2)20(28)15-9-8-10-16(13-15)22-18(26)14-17-19(27)23-21(29-17)25-11-6-5-7-12-25/h8-10,13,17H,3-7,11-12,14H2,1-2H3,(H,22,26)/t17-/m0/s1. The van der Waals surface area contributed by atoms with E-state index in [0.717, 1.165) is 31.1 Å². The van der Waals surface area contributed by atoms with E-state index in [4.69, 9.17) is 0 Å². The van der Waals surface area contributed by atoms with Gasteiger partial charge in [0.05, 0.1) is 0 Å². The largest absolute Gasteiger partial charge is 0.351 e. The Morgan fingerprint density at radius 2 is 1.93 bits per heavy atom. The van der Waals surface area contributed by atoms with Gasteiger partial charge >= 0.3 is 0 Å². The number of anilines is 1. The number of hydrogen-bond acceptors (Lipinski definition) is 5. The molecular formula is C21H28N4O3S. The normalized spacial score (nSPS) is 19.1. The molecule has 1 aromatic rings. The van der Waals surface area contributed by atoms with E-state index in [2.05, 4.69) is 15.2 Å². The summed E-state index contributed by atoms with van der Waals surface area (Å²) in [6.45, 7) is 6.97. The number of piperidine rings is 1. The zero-order valence-corrected chi connectivity index (χ0v) is 17.8. The van der Waals surface area contributed by atoms with Gasteiger partial charge in [0.25, 0.3) is 11.8 Å². The number of aliphatic imine (C=N–C) groups is 1. The fraction of sp³-hybridized carbons (Fsp3) is 0.524. The van der Waals surface area contributed by atoms with Crippen LogP contribution in [0, 0.1) is 0 Å². The van der Waals surface area contributed by atoms with Crippen LogP contribution >= 0.6 is 11.8 Å². The third-order valence-electron chi connectivity index (χ3n) is 5.17. The molecule has 8 heteroatoms. The summed E-state index contributed by atoms with van der Waals surface area (Å²) < 4.78 is 0. The van der Waals surface area contributed by atoms with E-state index in [-0.39, 0.29) is 24.1 Å². The molecule has 0 aromatic heterocycles. The molecule has 0 aliphatic carbocycles. The second kappa shape index (κ2) is 9.91. The first-order valence-electron chi connectivity index (χ1n) is 10.2. The topological polar surface area (TPSA) is 82.1 Å². The van der Waals surface area contributed by atoms with Crippen LogP contribution in [0.4, 0.5) is 5.69 Å². The van der Waals surface area contributed by atoms with Crippen LogP contribution in [-0.2, 0) is 9.59 Å². The fourth-order valence-electron chi connectivity index (χ4n) is 3.53. The summed E-state index contributed by atoms with van der Waals surface area (Å²) in [7, 11) is 0. The molecule has 156 valence electrons. The van der Waals surface area contributed by atoms with Crippen molar-refractivity contribution in [3.8, 4) is 0 Å². The molecule has 2 aliphatic rings. The lowest BCUT2D eigenvalue weighted by Crippen LogP contribution is -2.33. The average Bonchev–Trinajstić information content (AvgIpc) is 3.10. The molecule has 1 atom stereocenters. The van der Waals surface area contributed by atoms with E-state index in [1.807, 2.05) is 13.8 Å². The maximum atomic E-state index is 12.5. The predicted octanol–water partition coefficient (Wildman–Crippen LogP) is 2.98. The molecule has 7 nitrogen and oxygen atoms in total. The summed E-state index contributed by atoms with van der Waals surface area (Å²) in [5.41, 5.74) is 1.09. The maximum absolute atomic E-state index is 12.5. The SMILES string of the molecule is CCN(CC)C(=O)c1cccc(NC(=O)C[C@@H]2SC(N3CCCCC3)=NC2=O)c1. The molecular weight excluding hydrogens is 388 g/mol. The van der Waals surface area contributed by atoms with E-state index in [1.165, 1.54) is 18.2 Å². The molecule has 3 rings (SSSR count). The van der Waals surface area contributed by atoms with Gasteiger partial charge in [-0.1, -0.05) is 17.8 Å². The lowest BCUT2D eigenvalue weighted by Gasteiger charge is -2.27. The van der Waals surface area contributed by atoms with Crippen molar-refractivity contribution in [2.75, 3.05) is 31.5 Å². The predicted molar refractivity (Wildman–Crippen MR) is 116 cm³/mol. The average molecular weight is 417 g/mol. The van der Waals surface area contributed by atoms with Crippen LogP contribution in [0.1, 0.15) is 49.9 Å². The highest BCUT2D eigenvalue weighted by molar-refractivity contribution is 8.15. The number of likely N-dealkylation sites (tertiary alicyclic amines) is 1. The number of amidine groups is 1. The molecule has 2 aliphatic heterocycles. The molecule has 0 spiro atoms. The second-order valence-electron chi connectivity index (χ2n) is 7.20. The molecule has 0 bridgehead atoms. The van der Waals surface area contributed by atoms with Crippen molar-refractivity contribution >= 4 is 40.3 Å². The van der Waals surface area contributed by atoms with Crippen molar-refractivity contribution in [2.45, 2.75) is 44.8 Å². The summed E-state index contributed by atoms with van der Waals surface area (Å²) in [6.07, 6.45) is 3.51.